The summed E-state index contributed by atoms with van der Waals surface area (Å²) in [5, 5.41) is 0. The third kappa shape index (κ3) is 4.43. The fourth-order valence-corrected chi connectivity index (χ4v) is 3.08. The highest BCUT2D eigenvalue weighted by atomic mass is 19.4. The van der Waals surface area contributed by atoms with Crippen LogP contribution in [0.2, 0.25) is 0 Å². The first kappa shape index (κ1) is 18.5. The average molecular weight is 362 g/mol. The van der Waals surface area contributed by atoms with E-state index < -0.39 is 11.7 Å². The lowest BCUT2D eigenvalue weighted by molar-refractivity contribution is -0.137. The molecule has 0 aromatic heterocycles. The maximum absolute atomic E-state index is 12.9. The summed E-state index contributed by atoms with van der Waals surface area (Å²) in [7, 11) is 0. The Morgan fingerprint density at radius 1 is 1.00 bits per heavy atom. The summed E-state index contributed by atoms with van der Waals surface area (Å²) >= 11 is 0. The zero-order valence-corrected chi connectivity index (χ0v) is 14.6. The predicted octanol–water partition coefficient (Wildman–Crippen LogP) is 4.02. The van der Waals surface area contributed by atoms with Crippen LogP contribution in [-0.4, -0.2) is 43.4 Å². The van der Waals surface area contributed by atoms with E-state index in [-0.39, 0.29) is 5.78 Å². The molecule has 0 radical (unpaired) electrons. The molecule has 0 bridgehead atoms. The monoisotopic (exact) mass is 362 g/mol. The van der Waals surface area contributed by atoms with Crippen molar-refractivity contribution in [3.8, 4) is 0 Å². The number of hydrogen-bond acceptors (Lipinski definition) is 3. The Bertz CT molecular complexity index is 763. The molecular formula is C20H21F3N2O. The molecule has 0 aliphatic carbocycles. The topological polar surface area (TPSA) is 23.6 Å². The maximum atomic E-state index is 12.9. The van der Waals surface area contributed by atoms with Gasteiger partial charge in [0.2, 0.25) is 0 Å². The van der Waals surface area contributed by atoms with Crippen LogP contribution in [0.1, 0.15) is 21.5 Å². The van der Waals surface area contributed by atoms with Gasteiger partial charge in [-0.05, 0) is 25.1 Å². The van der Waals surface area contributed by atoms with Gasteiger partial charge in [0.05, 0.1) is 12.1 Å². The van der Waals surface area contributed by atoms with Gasteiger partial charge in [0, 0.05) is 37.4 Å². The molecule has 3 nitrogen and oxygen atoms in total. The summed E-state index contributed by atoms with van der Waals surface area (Å²) in [4.78, 5) is 16.3. The lowest BCUT2D eigenvalue weighted by Gasteiger charge is -2.36. The molecule has 26 heavy (non-hydrogen) atoms. The molecular weight excluding hydrogens is 341 g/mol. The minimum Gasteiger partial charge on any atom is -0.369 e. The second-order valence-electron chi connectivity index (χ2n) is 6.60. The average Bonchev–Trinajstić information content (AvgIpc) is 2.62. The number of piperazine rings is 1. The van der Waals surface area contributed by atoms with Crippen LogP contribution in [-0.2, 0) is 6.18 Å². The molecule has 0 unspecified atom stereocenters. The summed E-state index contributed by atoms with van der Waals surface area (Å²) < 4.78 is 38.6. The number of carbonyl (C=O) groups is 1. The van der Waals surface area contributed by atoms with Crippen molar-refractivity contribution >= 4 is 11.5 Å². The van der Waals surface area contributed by atoms with Crippen LogP contribution < -0.4 is 4.90 Å². The third-order valence-electron chi connectivity index (χ3n) is 4.65. The number of ketones is 1. The molecule has 1 saturated heterocycles. The van der Waals surface area contributed by atoms with Crippen LogP contribution in [0.4, 0.5) is 18.9 Å². The van der Waals surface area contributed by atoms with Gasteiger partial charge in [-0.3, -0.25) is 9.69 Å². The van der Waals surface area contributed by atoms with Crippen molar-refractivity contribution in [3.63, 3.8) is 0 Å². The van der Waals surface area contributed by atoms with Gasteiger partial charge in [-0.2, -0.15) is 13.2 Å². The minimum atomic E-state index is -4.34. The van der Waals surface area contributed by atoms with Crippen LogP contribution in [0.5, 0.6) is 0 Å². The van der Waals surface area contributed by atoms with E-state index in [0.717, 1.165) is 11.6 Å². The van der Waals surface area contributed by atoms with Crippen LogP contribution in [0.25, 0.3) is 0 Å². The van der Waals surface area contributed by atoms with Crippen molar-refractivity contribution in [2.24, 2.45) is 0 Å². The number of halogens is 3. The quantitative estimate of drug-likeness (QED) is 0.768. The van der Waals surface area contributed by atoms with Crippen LogP contribution >= 0.6 is 0 Å². The number of aryl methyl sites for hydroxylation is 1. The van der Waals surface area contributed by atoms with E-state index in [2.05, 4.69) is 0 Å². The third-order valence-corrected chi connectivity index (χ3v) is 4.65. The molecule has 0 amide bonds. The van der Waals surface area contributed by atoms with E-state index >= 15 is 0 Å². The standard InChI is InChI=1S/C20H21F3N2O/c1-15-5-7-16(8-6-15)19(26)14-24-9-11-25(12-10-24)18-4-2-3-17(13-18)20(21,22)23/h2-8,13H,9-12,14H2,1H3. The first-order valence-electron chi connectivity index (χ1n) is 8.57. The molecule has 2 aromatic carbocycles. The Hall–Kier alpha value is -2.34. The van der Waals surface area contributed by atoms with E-state index in [1.807, 2.05) is 41.0 Å². The molecule has 1 heterocycles. The van der Waals surface area contributed by atoms with Gasteiger partial charge < -0.3 is 4.90 Å². The number of alkyl halides is 3. The molecule has 0 saturated carbocycles. The van der Waals surface area contributed by atoms with E-state index in [1.54, 1.807) is 6.07 Å². The second-order valence-corrected chi connectivity index (χ2v) is 6.60. The first-order valence-corrected chi connectivity index (χ1v) is 8.57. The normalized spacial score (nSPS) is 15.9. The second kappa shape index (κ2) is 7.50. The minimum absolute atomic E-state index is 0.0671. The van der Waals surface area contributed by atoms with Crippen molar-refractivity contribution in [3.05, 3.63) is 65.2 Å². The lowest BCUT2D eigenvalue weighted by Crippen LogP contribution is -2.48. The number of Topliss-reactive ketones (excluding diaryl/α,β-unsaturated/α-hetero) is 1. The number of rotatable bonds is 4. The number of benzene rings is 2. The number of carbonyl (C=O) groups excluding carboxylic acids is 1. The van der Waals surface area contributed by atoms with Gasteiger partial charge in [0.1, 0.15) is 0 Å². The predicted molar refractivity (Wildman–Crippen MR) is 95.6 cm³/mol. The zero-order valence-electron chi connectivity index (χ0n) is 14.6. The van der Waals surface area contributed by atoms with E-state index in [1.165, 1.54) is 12.1 Å². The Labute approximate surface area is 151 Å². The van der Waals surface area contributed by atoms with Crippen molar-refractivity contribution in [1.82, 2.24) is 4.90 Å². The van der Waals surface area contributed by atoms with Gasteiger partial charge in [0.15, 0.2) is 5.78 Å². The van der Waals surface area contributed by atoms with Gasteiger partial charge in [-0.1, -0.05) is 35.9 Å². The van der Waals surface area contributed by atoms with E-state index in [4.69, 9.17) is 0 Å². The van der Waals surface area contributed by atoms with Gasteiger partial charge in [-0.25, -0.2) is 0 Å². The molecule has 138 valence electrons. The van der Waals surface area contributed by atoms with Crippen molar-refractivity contribution in [1.29, 1.82) is 0 Å². The Kier molecular flexibility index (Phi) is 5.32. The highest BCUT2D eigenvalue weighted by Crippen LogP contribution is 2.31. The highest BCUT2D eigenvalue weighted by molar-refractivity contribution is 5.97. The summed E-state index contributed by atoms with van der Waals surface area (Å²) in [5.74, 6) is 0.0671. The largest absolute Gasteiger partial charge is 0.416 e. The zero-order chi connectivity index (χ0) is 18.7. The summed E-state index contributed by atoms with van der Waals surface area (Å²) in [5.41, 5.74) is 1.74. The molecule has 0 N–H and O–H groups in total. The molecule has 1 aliphatic heterocycles. The van der Waals surface area contributed by atoms with E-state index in [9.17, 15) is 18.0 Å². The molecule has 0 atom stereocenters. The number of hydrogen-bond donors (Lipinski definition) is 0. The molecule has 1 aliphatic rings. The molecule has 2 aromatic rings. The van der Waals surface area contributed by atoms with Crippen molar-refractivity contribution in [2.75, 3.05) is 37.6 Å². The summed E-state index contributed by atoms with van der Waals surface area (Å²) in [6.07, 6.45) is -4.34. The first-order chi connectivity index (χ1) is 12.3. The van der Waals surface area contributed by atoms with Gasteiger partial charge >= 0.3 is 6.18 Å². The fourth-order valence-electron chi connectivity index (χ4n) is 3.08. The van der Waals surface area contributed by atoms with Crippen molar-refractivity contribution < 1.29 is 18.0 Å². The molecule has 6 heteroatoms. The number of anilines is 1. The SMILES string of the molecule is Cc1ccc(C(=O)CN2CCN(c3cccc(C(F)(F)F)c3)CC2)cc1. The van der Waals surface area contributed by atoms with E-state index in [0.29, 0.717) is 44.0 Å². The van der Waals surface area contributed by atoms with Crippen LogP contribution in [0.3, 0.4) is 0 Å². The summed E-state index contributed by atoms with van der Waals surface area (Å²) in [6, 6.07) is 12.9. The molecule has 3 rings (SSSR count). The van der Waals surface area contributed by atoms with Crippen LogP contribution in [0.15, 0.2) is 48.5 Å². The Balaban J connectivity index is 1.57. The van der Waals surface area contributed by atoms with Gasteiger partial charge in [-0.15, -0.1) is 0 Å². The molecule has 1 fully saturated rings. The van der Waals surface area contributed by atoms with Gasteiger partial charge in [0.25, 0.3) is 0 Å². The van der Waals surface area contributed by atoms with Crippen molar-refractivity contribution in [2.45, 2.75) is 13.1 Å². The smallest absolute Gasteiger partial charge is 0.369 e. The molecule has 0 spiro atoms. The summed E-state index contributed by atoms with van der Waals surface area (Å²) in [6.45, 7) is 4.80. The highest BCUT2D eigenvalue weighted by Gasteiger charge is 2.31. The Morgan fingerprint density at radius 2 is 1.65 bits per heavy atom. The lowest BCUT2D eigenvalue weighted by atomic mass is 10.1. The fraction of sp³-hybridized carbons (Fsp3) is 0.350. The Morgan fingerprint density at radius 3 is 2.27 bits per heavy atom. The number of nitrogens with zero attached hydrogens (tertiary/aromatic N) is 2. The van der Waals surface area contributed by atoms with Crippen LogP contribution in [0, 0.1) is 6.92 Å². The maximum Gasteiger partial charge on any atom is 0.416 e.